The average Bonchev–Trinajstić information content (AvgIpc) is 2.63. The van der Waals surface area contributed by atoms with Crippen LogP contribution < -0.4 is 5.73 Å². The number of ether oxygens (including phenoxy) is 1. The quantitative estimate of drug-likeness (QED) is 0.697. The third-order valence-corrected chi connectivity index (χ3v) is 1.57. The Morgan fingerprint density at radius 3 is 3.14 bits per heavy atom. The summed E-state index contributed by atoms with van der Waals surface area (Å²) < 4.78 is 10.0. The Bertz CT molecular complexity index is 316. The largest absolute Gasteiger partial charge is 0.374 e. The van der Waals surface area contributed by atoms with Crippen LogP contribution in [0.15, 0.2) is 4.52 Å². The van der Waals surface area contributed by atoms with Gasteiger partial charge in [0, 0.05) is 13.0 Å². The monoisotopic (exact) mass is 195 g/mol. The molecule has 0 aromatic carbocycles. The van der Waals surface area contributed by atoms with Crippen LogP contribution >= 0.6 is 0 Å². The molecule has 76 valence electrons. The molecule has 2 N–H and O–H groups in total. The Hall–Kier alpha value is -1.38. The number of aromatic nitrogens is 2. The summed E-state index contributed by atoms with van der Waals surface area (Å²) in [6, 6.07) is -0.386. The molecule has 1 unspecified atom stereocenters. The molecule has 0 aliphatic carbocycles. The van der Waals surface area contributed by atoms with Crippen LogP contribution in [0.1, 0.15) is 31.1 Å². The Kier molecular flexibility index (Phi) is 4.11. The molecule has 0 aliphatic heterocycles. The lowest BCUT2D eigenvalue weighted by atomic mass is 10.2. The van der Waals surface area contributed by atoms with Crippen molar-refractivity contribution in [1.82, 2.24) is 10.1 Å². The second-order valence-electron chi connectivity index (χ2n) is 2.70. The van der Waals surface area contributed by atoms with Crippen LogP contribution in [0, 0.1) is 12.3 Å². The van der Waals surface area contributed by atoms with E-state index in [4.69, 9.17) is 21.4 Å². The third kappa shape index (κ3) is 2.83. The summed E-state index contributed by atoms with van der Waals surface area (Å²) in [6.07, 6.45) is 5.49. The lowest BCUT2D eigenvalue weighted by molar-refractivity contribution is 0.126. The van der Waals surface area contributed by atoms with Crippen molar-refractivity contribution < 1.29 is 9.26 Å². The van der Waals surface area contributed by atoms with E-state index in [-0.39, 0.29) is 6.04 Å². The Balaban J connectivity index is 2.54. The second-order valence-corrected chi connectivity index (χ2v) is 2.70. The first kappa shape index (κ1) is 10.7. The van der Waals surface area contributed by atoms with E-state index in [0.717, 1.165) is 0 Å². The molecule has 1 aromatic rings. The molecule has 0 saturated heterocycles. The van der Waals surface area contributed by atoms with Gasteiger partial charge in [-0.05, 0) is 6.92 Å². The highest BCUT2D eigenvalue weighted by Crippen LogP contribution is 2.10. The molecule has 0 fully saturated rings. The van der Waals surface area contributed by atoms with Gasteiger partial charge in [-0.3, -0.25) is 0 Å². The zero-order chi connectivity index (χ0) is 10.4. The first-order valence-corrected chi connectivity index (χ1v) is 4.37. The van der Waals surface area contributed by atoms with Crippen molar-refractivity contribution in [2.45, 2.75) is 26.0 Å². The van der Waals surface area contributed by atoms with Crippen molar-refractivity contribution in [3.05, 3.63) is 11.7 Å². The highest BCUT2D eigenvalue weighted by Gasteiger charge is 2.13. The van der Waals surface area contributed by atoms with Crippen LogP contribution in [0.3, 0.4) is 0 Å². The maximum absolute atomic E-state index is 5.67. The predicted octanol–water partition coefficient (Wildman–Crippen LogP) is 0.629. The molecular formula is C9H13N3O2. The van der Waals surface area contributed by atoms with Crippen LogP contribution in [-0.4, -0.2) is 16.7 Å². The molecule has 1 rings (SSSR count). The van der Waals surface area contributed by atoms with Gasteiger partial charge in [-0.2, -0.15) is 4.98 Å². The fourth-order valence-corrected chi connectivity index (χ4v) is 0.884. The molecule has 14 heavy (non-hydrogen) atoms. The van der Waals surface area contributed by atoms with Gasteiger partial charge >= 0.3 is 0 Å². The predicted molar refractivity (Wildman–Crippen MR) is 50.0 cm³/mol. The van der Waals surface area contributed by atoms with Gasteiger partial charge in [0.1, 0.15) is 6.61 Å². The SMILES string of the molecule is C#CCC(N)c1nc(COCC)no1. The molecule has 0 saturated carbocycles. The van der Waals surface area contributed by atoms with Crippen molar-refractivity contribution in [1.29, 1.82) is 0 Å². The van der Waals surface area contributed by atoms with E-state index in [0.29, 0.717) is 31.3 Å². The van der Waals surface area contributed by atoms with Crippen molar-refractivity contribution in [2.24, 2.45) is 5.73 Å². The van der Waals surface area contributed by atoms with Crippen molar-refractivity contribution in [2.75, 3.05) is 6.61 Å². The molecular weight excluding hydrogens is 182 g/mol. The molecule has 1 aromatic heterocycles. The Morgan fingerprint density at radius 2 is 2.50 bits per heavy atom. The van der Waals surface area contributed by atoms with Crippen LogP contribution in [0.2, 0.25) is 0 Å². The minimum absolute atomic E-state index is 0.336. The Labute approximate surface area is 82.6 Å². The fraction of sp³-hybridized carbons (Fsp3) is 0.556. The first-order chi connectivity index (χ1) is 6.77. The second kappa shape index (κ2) is 5.37. The fourth-order valence-electron chi connectivity index (χ4n) is 0.884. The van der Waals surface area contributed by atoms with Gasteiger partial charge in [0.15, 0.2) is 5.82 Å². The minimum atomic E-state index is -0.386. The molecule has 0 amide bonds. The highest BCUT2D eigenvalue weighted by atomic mass is 16.5. The van der Waals surface area contributed by atoms with E-state index in [1.807, 2.05) is 6.92 Å². The Morgan fingerprint density at radius 1 is 1.71 bits per heavy atom. The number of terminal acetylenes is 1. The molecule has 0 spiro atoms. The van der Waals surface area contributed by atoms with Crippen molar-refractivity contribution >= 4 is 0 Å². The van der Waals surface area contributed by atoms with Gasteiger partial charge in [-0.25, -0.2) is 0 Å². The van der Waals surface area contributed by atoms with E-state index in [2.05, 4.69) is 16.1 Å². The van der Waals surface area contributed by atoms with Crippen LogP contribution in [0.5, 0.6) is 0 Å². The highest BCUT2D eigenvalue weighted by molar-refractivity contribution is 4.97. The van der Waals surface area contributed by atoms with Crippen molar-refractivity contribution in [3.8, 4) is 12.3 Å². The molecule has 0 radical (unpaired) electrons. The van der Waals surface area contributed by atoms with E-state index in [1.54, 1.807) is 0 Å². The summed E-state index contributed by atoms with van der Waals surface area (Å²) in [7, 11) is 0. The van der Waals surface area contributed by atoms with E-state index >= 15 is 0 Å². The summed E-state index contributed by atoms with van der Waals surface area (Å²) in [4.78, 5) is 4.04. The number of nitrogens with zero attached hydrogens (tertiary/aromatic N) is 2. The topological polar surface area (TPSA) is 74.2 Å². The van der Waals surface area contributed by atoms with Gasteiger partial charge in [-0.1, -0.05) is 5.16 Å². The lowest BCUT2D eigenvalue weighted by Gasteiger charge is -1.98. The van der Waals surface area contributed by atoms with Crippen LogP contribution in [0.25, 0.3) is 0 Å². The summed E-state index contributed by atoms with van der Waals surface area (Å²) in [5.74, 6) is 3.29. The molecule has 1 atom stereocenters. The molecule has 0 aliphatic rings. The molecule has 5 heteroatoms. The molecule has 5 nitrogen and oxygen atoms in total. The smallest absolute Gasteiger partial charge is 0.244 e. The maximum atomic E-state index is 5.67. The minimum Gasteiger partial charge on any atom is -0.374 e. The summed E-state index contributed by atoms with van der Waals surface area (Å²) in [6.45, 7) is 2.84. The van der Waals surface area contributed by atoms with Crippen LogP contribution in [-0.2, 0) is 11.3 Å². The van der Waals surface area contributed by atoms with Gasteiger partial charge in [-0.15, -0.1) is 12.3 Å². The molecule has 0 bridgehead atoms. The maximum Gasteiger partial charge on any atom is 0.244 e. The number of hydrogen-bond donors (Lipinski definition) is 1. The lowest BCUT2D eigenvalue weighted by Crippen LogP contribution is -2.09. The van der Waals surface area contributed by atoms with E-state index in [9.17, 15) is 0 Å². The zero-order valence-electron chi connectivity index (χ0n) is 8.06. The number of hydrogen-bond acceptors (Lipinski definition) is 5. The van der Waals surface area contributed by atoms with Crippen molar-refractivity contribution in [3.63, 3.8) is 0 Å². The summed E-state index contributed by atoms with van der Waals surface area (Å²) in [5.41, 5.74) is 5.67. The number of rotatable bonds is 5. The van der Waals surface area contributed by atoms with Gasteiger partial charge in [0.05, 0.1) is 6.04 Å². The van der Waals surface area contributed by atoms with Gasteiger partial charge in [0.25, 0.3) is 0 Å². The van der Waals surface area contributed by atoms with Gasteiger partial charge in [0.2, 0.25) is 5.89 Å². The van der Waals surface area contributed by atoms with Gasteiger partial charge < -0.3 is 15.0 Å². The number of nitrogens with two attached hydrogens (primary N) is 1. The summed E-state index contributed by atoms with van der Waals surface area (Å²) >= 11 is 0. The summed E-state index contributed by atoms with van der Waals surface area (Å²) in [5, 5.41) is 3.70. The third-order valence-electron chi connectivity index (χ3n) is 1.57. The first-order valence-electron chi connectivity index (χ1n) is 4.37. The molecule has 1 heterocycles. The normalized spacial score (nSPS) is 12.4. The van der Waals surface area contributed by atoms with E-state index < -0.39 is 0 Å². The zero-order valence-corrected chi connectivity index (χ0v) is 8.06. The van der Waals surface area contributed by atoms with Crippen LogP contribution in [0.4, 0.5) is 0 Å². The standard InChI is InChI=1S/C9H13N3O2/c1-3-5-7(10)9-11-8(12-14-9)6-13-4-2/h1,7H,4-6,10H2,2H3. The average molecular weight is 195 g/mol. The van der Waals surface area contributed by atoms with E-state index in [1.165, 1.54) is 0 Å².